The van der Waals surface area contributed by atoms with E-state index in [-0.39, 0.29) is 17.8 Å². The van der Waals surface area contributed by atoms with E-state index < -0.39 is 5.41 Å². The number of carbonyl (C=O) groups excluding carboxylic acids is 3. The van der Waals surface area contributed by atoms with Crippen molar-refractivity contribution in [1.29, 1.82) is 0 Å². The van der Waals surface area contributed by atoms with E-state index in [1.807, 2.05) is 0 Å². The summed E-state index contributed by atoms with van der Waals surface area (Å²) in [4.78, 5) is 44.9. The smallest absolute Gasteiger partial charge is 0.319 e. The number of methoxy groups -OCH3 is 1. The average Bonchev–Trinajstić information content (AvgIpc) is 2.84. The molecule has 0 bridgehead atoms. The Labute approximate surface area is 165 Å². The lowest BCUT2D eigenvalue weighted by Crippen LogP contribution is -2.47. The summed E-state index contributed by atoms with van der Waals surface area (Å²) in [6.45, 7) is 2.30. The fourth-order valence-corrected chi connectivity index (χ4v) is 4.13. The fourth-order valence-electron chi connectivity index (χ4n) is 4.13. The van der Waals surface area contributed by atoms with Crippen LogP contribution in [0.1, 0.15) is 16.8 Å². The number of ether oxygens (including phenoxy) is 1. The average molecular weight is 388 g/mol. The molecule has 28 heavy (non-hydrogen) atoms. The Morgan fingerprint density at radius 3 is 2.39 bits per heavy atom. The zero-order valence-corrected chi connectivity index (χ0v) is 17.0. The first kappa shape index (κ1) is 20.0. The van der Waals surface area contributed by atoms with Gasteiger partial charge >= 0.3 is 6.03 Å². The molecule has 0 radical (unpaired) electrons. The van der Waals surface area contributed by atoms with Gasteiger partial charge in [-0.3, -0.25) is 9.59 Å². The summed E-state index contributed by atoms with van der Waals surface area (Å²) in [7, 11) is 6.76. The summed E-state index contributed by atoms with van der Waals surface area (Å²) in [6.07, 6.45) is 0.336. The second-order valence-electron chi connectivity index (χ2n) is 7.98. The molecule has 4 amide bonds. The minimum atomic E-state index is -0.456. The van der Waals surface area contributed by atoms with E-state index in [0.717, 1.165) is 0 Å². The van der Waals surface area contributed by atoms with Gasteiger partial charge in [0, 0.05) is 71.3 Å². The summed E-state index contributed by atoms with van der Waals surface area (Å²) in [5.74, 6) is 0.558. The van der Waals surface area contributed by atoms with Crippen LogP contribution in [-0.2, 0) is 4.79 Å². The number of likely N-dealkylation sites (tertiary alicyclic amines) is 1. The third-order valence-electron chi connectivity index (χ3n) is 5.47. The molecule has 152 valence electrons. The van der Waals surface area contributed by atoms with Gasteiger partial charge in [0.15, 0.2) is 0 Å². The number of hydrogen-bond acceptors (Lipinski definition) is 4. The molecule has 0 saturated carbocycles. The van der Waals surface area contributed by atoms with Crippen LogP contribution in [0.15, 0.2) is 24.3 Å². The molecule has 3 rings (SSSR count). The molecule has 8 nitrogen and oxygen atoms in total. The highest BCUT2D eigenvalue weighted by atomic mass is 16.5. The highest BCUT2D eigenvalue weighted by Crippen LogP contribution is 2.35. The van der Waals surface area contributed by atoms with Crippen LogP contribution in [0.25, 0.3) is 0 Å². The van der Waals surface area contributed by atoms with Crippen LogP contribution >= 0.6 is 0 Å². The standard InChI is InChI=1S/C20H28N4O4/c1-21(2)19(27)24-9-8-23(13-20(14-24)11-17(25)22(3)12-20)18(26)15-6-5-7-16(10-15)28-4/h5-7,10H,8-9,11-14H2,1-4H3. The van der Waals surface area contributed by atoms with Gasteiger partial charge in [-0.05, 0) is 18.2 Å². The van der Waals surface area contributed by atoms with Crippen LogP contribution in [0.4, 0.5) is 4.79 Å². The molecule has 0 aliphatic carbocycles. The summed E-state index contributed by atoms with van der Waals surface area (Å²) >= 11 is 0. The van der Waals surface area contributed by atoms with Crippen LogP contribution in [0.2, 0.25) is 0 Å². The number of carbonyl (C=O) groups is 3. The summed E-state index contributed by atoms with van der Waals surface area (Å²) in [6, 6.07) is 6.96. The van der Waals surface area contributed by atoms with E-state index in [1.54, 1.807) is 67.2 Å². The first-order chi connectivity index (χ1) is 13.2. The van der Waals surface area contributed by atoms with Gasteiger partial charge in [-0.15, -0.1) is 0 Å². The number of nitrogens with zero attached hydrogens (tertiary/aromatic N) is 4. The van der Waals surface area contributed by atoms with E-state index in [2.05, 4.69) is 0 Å². The monoisotopic (exact) mass is 388 g/mol. The third-order valence-corrected chi connectivity index (χ3v) is 5.47. The van der Waals surface area contributed by atoms with E-state index in [4.69, 9.17) is 4.74 Å². The molecule has 8 heteroatoms. The summed E-state index contributed by atoms with van der Waals surface area (Å²) in [5.41, 5.74) is 0.0854. The lowest BCUT2D eigenvalue weighted by atomic mass is 9.86. The van der Waals surface area contributed by atoms with Gasteiger partial charge in [-0.25, -0.2) is 4.79 Å². The molecule has 2 heterocycles. The van der Waals surface area contributed by atoms with Crippen molar-refractivity contribution < 1.29 is 19.1 Å². The SMILES string of the molecule is COc1cccc(C(=O)N2CCN(C(=O)N(C)C)CC3(CC(=O)N(C)C3)C2)c1. The molecule has 1 unspecified atom stereocenters. The molecule has 2 saturated heterocycles. The zero-order chi connectivity index (χ0) is 20.5. The predicted octanol–water partition coefficient (Wildman–Crippen LogP) is 0.983. The van der Waals surface area contributed by atoms with Gasteiger partial charge in [-0.2, -0.15) is 0 Å². The highest BCUT2D eigenvalue weighted by molar-refractivity contribution is 5.95. The number of benzene rings is 1. The Hall–Kier alpha value is -2.77. The van der Waals surface area contributed by atoms with E-state index >= 15 is 0 Å². The highest BCUT2D eigenvalue weighted by Gasteiger charge is 2.47. The van der Waals surface area contributed by atoms with Crippen LogP contribution in [0.3, 0.4) is 0 Å². The van der Waals surface area contributed by atoms with Crippen molar-refractivity contribution in [3.63, 3.8) is 0 Å². The maximum Gasteiger partial charge on any atom is 0.319 e. The lowest BCUT2D eigenvalue weighted by molar-refractivity contribution is -0.126. The Balaban J connectivity index is 1.89. The van der Waals surface area contributed by atoms with Crippen molar-refractivity contribution in [2.45, 2.75) is 6.42 Å². The minimum absolute atomic E-state index is 0.0490. The number of amides is 4. The molecule has 2 fully saturated rings. The summed E-state index contributed by atoms with van der Waals surface area (Å²) < 4.78 is 5.23. The Bertz CT molecular complexity index is 781. The molecule has 1 aromatic rings. The van der Waals surface area contributed by atoms with Crippen LogP contribution < -0.4 is 4.74 Å². The number of rotatable bonds is 2. The van der Waals surface area contributed by atoms with Crippen LogP contribution in [-0.4, -0.2) is 98.4 Å². The van der Waals surface area contributed by atoms with Crippen molar-refractivity contribution in [2.24, 2.45) is 5.41 Å². The van der Waals surface area contributed by atoms with Crippen molar-refractivity contribution in [3.05, 3.63) is 29.8 Å². The predicted molar refractivity (Wildman–Crippen MR) is 104 cm³/mol. The van der Waals surface area contributed by atoms with Gasteiger partial charge in [0.25, 0.3) is 5.91 Å². The molecular formula is C20H28N4O4. The Kier molecular flexibility index (Phi) is 5.49. The molecule has 1 atom stereocenters. The van der Waals surface area contributed by atoms with Crippen molar-refractivity contribution in [2.75, 3.05) is 61.0 Å². The van der Waals surface area contributed by atoms with Crippen LogP contribution in [0, 0.1) is 5.41 Å². The van der Waals surface area contributed by atoms with Gasteiger partial charge in [0.05, 0.1) is 7.11 Å². The van der Waals surface area contributed by atoms with E-state index in [0.29, 0.717) is 50.5 Å². The first-order valence-electron chi connectivity index (χ1n) is 9.38. The molecule has 0 aromatic heterocycles. The topological polar surface area (TPSA) is 73.4 Å². The maximum atomic E-state index is 13.2. The quantitative estimate of drug-likeness (QED) is 0.757. The van der Waals surface area contributed by atoms with Gasteiger partial charge < -0.3 is 24.3 Å². The van der Waals surface area contributed by atoms with Crippen molar-refractivity contribution in [3.8, 4) is 5.75 Å². The molecule has 0 N–H and O–H groups in total. The Morgan fingerprint density at radius 2 is 1.79 bits per heavy atom. The lowest BCUT2D eigenvalue weighted by Gasteiger charge is -2.34. The molecule has 2 aliphatic heterocycles. The first-order valence-corrected chi connectivity index (χ1v) is 9.38. The molecule has 1 spiro atoms. The second-order valence-corrected chi connectivity index (χ2v) is 7.98. The zero-order valence-electron chi connectivity index (χ0n) is 17.0. The van der Waals surface area contributed by atoms with Gasteiger partial charge in [-0.1, -0.05) is 6.07 Å². The van der Waals surface area contributed by atoms with Gasteiger partial charge in [0.2, 0.25) is 5.91 Å². The normalized spacial score (nSPS) is 22.4. The third kappa shape index (κ3) is 3.90. The van der Waals surface area contributed by atoms with E-state index in [9.17, 15) is 14.4 Å². The molecular weight excluding hydrogens is 360 g/mol. The molecule has 2 aliphatic rings. The second kappa shape index (κ2) is 7.69. The Morgan fingerprint density at radius 1 is 1.11 bits per heavy atom. The van der Waals surface area contributed by atoms with Gasteiger partial charge in [0.1, 0.15) is 5.75 Å². The maximum absolute atomic E-state index is 13.2. The largest absolute Gasteiger partial charge is 0.497 e. The van der Waals surface area contributed by atoms with Crippen molar-refractivity contribution in [1.82, 2.24) is 19.6 Å². The summed E-state index contributed by atoms with van der Waals surface area (Å²) in [5, 5.41) is 0. The minimum Gasteiger partial charge on any atom is -0.497 e. The number of hydrogen-bond donors (Lipinski definition) is 0. The van der Waals surface area contributed by atoms with E-state index in [1.165, 1.54) is 4.90 Å². The fraction of sp³-hybridized carbons (Fsp3) is 0.550. The number of urea groups is 1. The van der Waals surface area contributed by atoms with Crippen LogP contribution in [0.5, 0.6) is 5.75 Å². The van der Waals surface area contributed by atoms with Crippen molar-refractivity contribution >= 4 is 17.8 Å². The molecule has 1 aromatic carbocycles.